The first-order valence-corrected chi connectivity index (χ1v) is 7.69. The molecule has 3 aliphatic rings. The Hall–Kier alpha value is -0.0800. The van der Waals surface area contributed by atoms with E-state index in [9.17, 15) is 0 Å². The van der Waals surface area contributed by atoms with Gasteiger partial charge in [-0.15, -0.1) is 0 Å². The van der Waals surface area contributed by atoms with Crippen LogP contribution in [0.1, 0.15) is 51.4 Å². The van der Waals surface area contributed by atoms with E-state index in [1.807, 2.05) is 0 Å². The molecule has 1 N–H and O–H groups in total. The molecule has 17 heavy (non-hydrogen) atoms. The van der Waals surface area contributed by atoms with Crippen LogP contribution >= 0.6 is 0 Å². The molecule has 3 fully saturated rings. The average Bonchev–Trinajstić information content (AvgIpc) is 2.82. The van der Waals surface area contributed by atoms with Crippen LogP contribution in [0, 0.1) is 17.8 Å². The molecule has 3 rings (SSSR count). The Morgan fingerprint density at radius 1 is 1.18 bits per heavy atom. The van der Waals surface area contributed by atoms with Gasteiger partial charge in [0.1, 0.15) is 0 Å². The summed E-state index contributed by atoms with van der Waals surface area (Å²) in [6.07, 6.45) is 11.7. The van der Waals surface area contributed by atoms with Crippen molar-refractivity contribution in [1.82, 2.24) is 5.32 Å². The fraction of sp³-hybridized carbons (Fsp3) is 1.00. The van der Waals surface area contributed by atoms with Crippen molar-refractivity contribution < 1.29 is 4.74 Å². The molecule has 1 aliphatic heterocycles. The highest BCUT2D eigenvalue weighted by molar-refractivity contribution is 5.05. The van der Waals surface area contributed by atoms with E-state index in [1.54, 1.807) is 0 Å². The SMILES string of the molecule is CNC(CCCC1CCCO1)C1C2CCCC21. The molecule has 98 valence electrons. The molecule has 4 atom stereocenters. The number of nitrogens with one attached hydrogen (secondary N) is 1. The lowest BCUT2D eigenvalue weighted by Crippen LogP contribution is -2.29. The van der Waals surface area contributed by atoms with E-state index in [4.69, 9.17) is 4.74 Å². The Kier molecular flexibility index (Phi) is 3.72. The molecule has 0 amide bonds. The summed E-state index contributed by atoms with van der Waals surface area (Å²) >= 11 is 0. The summed E-state index contributed by atoms with van der Waals surface area (Å²) in [4.78, 5) is 0. The van der Waals surface area contributed by atoms with Crippen molar-refractivity contribution in [2.24, 2.45) is 17.8 Å². The van der Waals surface area contributed by atoms with Crippen LogP contribution in [-0.2, 0) is 4.74 Å². The molecular formula is C15H27NO. The Balaban J connectivity index is 1.37. The lowest BCUT2D eigenvalue weighted by Gasteiger charge is -2.19. The largest absolute Gasteiger partial charge is 0.378 e. The van der Waals surface area contributed by atoms with Gasteiger partial charge in [0, 0.05) is 12.6 Å². The molecule has 2 aliphatic carbocycles. The maximum absolute atomic E-state index is 5.70. The minimum Gasteiger partial charge on any atom is -0.378 e. The fourth-order valence-corrected chi connectivity index (χ4v) is 4.44. The zero-order chi connectivity index (χ0) is 11.7. The summed E-state index contributed by atoms with van der Waals surface area (Å²) in [7, 11) is 2.16. The van der Waals surface area contributed by atoms with Crippen LogP contribution in [-0.4, -0.2) is 25.8 Å². The summed E-state index contributed by atoms with van der Waals surface area (Å²) in [5, 5.41) is 3.58. The van der Waals surface area contributed by atoms with Gasteiger partial charge in [-0.1, -0.05) is 6.42 Å². The van der Waals surface area contributed by atoms with E-state index in [-0.39, 0.29) is 0 Å². The summed E-state index contributed by atoms with van der Waals surface area (Å²) in [5.74, 6) is 3.21. The Labute approximate surface area is 105 Å². The number of hydrogen-bond donors (Lipinski definition) is 1. The Morgan fingerprint density at radius 3 is 2.65 bits per heavy atom. The third kappa shape index (κ3) is 2.53. The first kappa shape index (κ1) is 12.0. The lowest BCUT2D eigenvalue weighted by atomic mass is 9.98. The minimum atomic E-state index is 0.589. The molecule has 0 aromatic heterocycles. The normalized spacial score (nSPS) is 41.5. The van der Waals surface area contributed by atoms with Gasteiger partial charge < -0.3 is 10.1 Å². The molecule has 2 heteroatoms. The van der Waals surface area contributed by atoms with E-state index in [2.05, 4.69) is 12.4 Å². The molecule has 4 unspecified atom stereocenters. The predicted octanol–water partition coefficient (Wildman–Crippen LogP) is 2.97. The molecule has 0 aromatic rings. The highest BCUT2D eigenvalue weighted by Crippen LogP contribution is 2.59. The van der Waals surface area contributed by atoms with Crippen LogP contribution in [0.2, 0.25) is 0 Å². The molecule has 1 saturated heterocycles. The smallest absolute Gasteiger partial charge is 0.0576 e. The van der Waals surface area contributed by atoms with E-state index >= 15 is 0 Å². The highest BCUT2D eigenvalue weighted by atomic mass is 16.5. The van der Waals surface area contributed by atoms with Crippen molar-refractivity contribution in [3.8, 4) is 0 Å². The first-order chi connectivity index (χ1) is 8.40. The van der Waals surface area contributed by atoms with Gasteiger partial charge in [0.05, 0.1) is 6.10 Å². The van der Waals surface area contributed by atoms with Gasteiger partial charge in [-0.2, -0.15) is 0 Å². The van der Waals surface area contributed by atoms with Crippen LogP contribution in [0.25, 0.3) is 0 Å². The summed E-state index contributed by atoms with van der Waals surface area (Å²) in [6.45, 7) is 1.01. The summed E-state index contributed by atoms with van der Waals surface area (Å²) in [6, 6.07) is 0.798. The van der Waals surface area contributed by atoms with Crippen LogP contribution in [0.5, 0.6) is 0 Å². The van der Waals surface area contributed by atoms with Crippen LogP contribution < -0.4 is 5.32 Å². The van der Waals surface area contributed by atoms with Gasteiger partial charge in [0.2, 0.25) is 0 Å². The molecule has 0 spiro atoms. The third-order valence-corrected chi connectivity index (χ3v) is 5.37. The quantitative estimate of drug-likeness (QED) is 0.767. The van der Waals surface area contributed by atoms with Crippen molar-refractivity contribution >= 4 is 0 Å². The second-order valence-electron chi connectivity index (χ2n) is 6.30. The van der Waals surface area contributed by atoms with Gasteiger partial charge in [-0.3, -0.25) is 0 Å². The van der Waals surface area contributed by atoms with Crippen LogP contribution in [0.4, 0.5) is 0 Å². The van der Waals surface area contributed by atoms with E-state index in [1.165, 1.54) is 51.4 Å². The maximum atomic E-state index is 5.70. The Bertz CT molecular complexity index is 239. The van der Waals surface area contributed by atoms with Crippen molar-refractivity contribution in [3.05, 3.63) is 0 Å². The van der Waals surface area contributed by atoms with E-state index < -0.39 is 0 Å². The standard InChI is InChI=1S/C15H27NO/c1-16-14(15-12-7-3-8-13(12)15)9-2-5-11-6-4-10-17-11/h11-16H,2-10H2,1H3. The third-order valence-electron chi connectivity index (χ3n) is 5.37. The molecule has 1 heterocycles. The number of rotatable bonds is 6. The monoisotopic (exact) mass is 237 g/mol. The molecule has 0 aromatic carbocycles. The van der Waals surface area contributed by atoms with Crippen LogP contribution in [0.15, 0.2) is 0 Å². The van der Waals surface area contributed by atoms with Crippen molar-refractivity contribution in [2.75, 3.05) is 13.7 Å². The highest BCUT2D eigenvalue weighted by Gasteiger charge is 2.55. The van der Waals surface area contributed by atoms with Gasteiger partial charge in [0.15, 0.2) is 0 Å². The average molecular weight is 237 g/mol. The number of fused-ring (bicyclic) bond motifs is 1. The van der Waals surface area contributed by atoms with Gasteiger partial charge in [-0.25, -0.2) is 0 Å². The van der Waals surface area contributed by atoms with E-state index in [0.717, 1.165) is 30.4 Å². The molecule has 2 saturated carbocycles. The van der Waals surface area contributed by atoms with Crippen molar-refractivity contribution in [3.63, 3.8) is 0 Å². The molecule has 0 bridgehead atoms. The first-order valence-electron chi connectivity index (χ1n) is 7.69. The maximum Gasteiger partial charge on any atom is 0.0576 e. The van der Waals surface area contributed by atoms with Gasteiger partial charge in [0.25, 0.3) is 0 Å². The predicted molar refractivity (Wildman–Crippen MR) is 70.0 cm³/mol. The molecular weight excluding hydrogens is 210 g/mol. The summed E-state index contributed by atoms with van der Waals surface area (Å²) < 4.78 is 5.70. The number of hydrogen-bond acceptors (Lipinski definition) is 2. The Morgan fingerprint density at radius 2 is 2.00 bits per heavy atom. The fourth-order valence-electron chi connectivity index (χ4n) is 4.44. The van der Waals surface area contributed by atoms with Gasteiger partial charge >= 0.3 is 0 Å². The molecule has 0 radical (unpaired) electrons. The van der Waals surface area contributed by atoms with Gasteiger partial charge in [-0.05, 0) is 69.7 Å². The topological polar surface area (TPSA) is 21.3 Å². The number of ether oxygens (including phenoxy) is 1. The lowest BCUT2D eigenvalue weighted by molar-refractivity contribution is 0.101. The minimum absolute atomic E-state index is 0.589. The molecule has 2 nitrogen and oxygen atoms in total. The second kappa shape index (κ2) is 5.27. The van der Waals surface area contributed by atoms with Crippen molar-refractivity contribution in [2.45, 2.75) is 63.5 Å². The van der Waals surface area contributed by atoms with Crippen LogP contribution in [0.3, 0.4) is 0 Å². The zero-order valence-corrected chi connectivity index (χ0v) is 11.2. The van der Waals surface area contributed by atoms with E-state index in [0.29, 0.717) is 6.10 Å². The zero-order valence-electron chi connectivity index (χ0n) is 11.2. The van der Waals surface area contributed by atoms with Crippen molar-refractivity contribution in [1.29, 1.82) is 0 Å². The summed E-state index contributed by atoms with van der Waals surface area (Å²) in [5.41, 5.74) is 0. The second-order valence-corrected chi connectivity index (χ2v) is 6.30.